The van der Waals surface area contributed by atoms with Crippen molar-refractivity contribution in [3.8, 4) is 11.1 Å². The lowest BCUT2D eigenvalue weighted by Crippen LogP contribution is -2.42. The molecule has 0 spiro atoms. The molecule has 0 saturated carbocycles. The summed E-state index contributed by atoms with van der Waals surface area (Å²) < 4.78 is 32.8. The van der Waals surface area contributed by atoms with Crippen LogP contribution >= 0.6 is 23.2 Å². The number of hydrogen-bond donors (Lipinski definition) is 1. The first kappa shape index (κ1) is 19.4. The summed E-state index contributed by atoms with van der Waals surface area (Å²) in [6.07, 6.45) is 2.54. The molecule has 1 atom stereocenters. The summed E-state index contributed by atoms with van der Waals surface area (Å²) in [6.45, 7) is 0.828. The van der Waals surface area contributed by atoms with Gasteiger partial charge < -0.3 is 4.90 Å². The zero-order chi connectivity index (χ0) is 19.9. The van der Waals surface area contributed by atoms with E-state index in [1.165, 1.54) is 6.33 Å². The molecule has 1 aliphatic heterocycles. The Hall–Kier alpha value is -1.93. The van der Waals surface area contributed by atoms with Crippen LogP contribution < -0.4 is 4.90 Å². The first-order valence-corrected chi connectivity index (χ1v) is 11.0. The predicted octanol–water partition coefficient (Wildman–Crippen LogP) is 4.46. The fourth-order valence-electron chi connectivity index (χ4n) is 3.61. The molecule has 0 radical (unpaired) electrons. The van der Waals surface area contributed by atoms with Crippen molar-refractivity contribution in [1.29, 1.82) is 0 Å². The molecular formula is C19H17Cl2N3O3S. The number of piperidine rings is 1. The number of benzene rings is 2. The Kier molecular flexibility index (Phi) is 5.18. The average molecular weight is 438 g/mol. The molecule has 0 amide bonds. The lowest BCUT2D eigenvalue weighted by atomic mass is 10.00. The fraction of sp³-hybridized carbons (Fsp3) is 0.263. The van der Waals surface area contributed by atoms with E-state index in [0.717, 1.165) is 22.0 Å². The van der Waals surface area contributed by atoms with Gasteiger partial charge in [-0.15, -0.1) is 0 Å². The normalized spacial score (nSPS) is 17.8. The van der Waals surface area contributed by atoms with Crippen molar-refractivity contribution in [2.24, 2.45) is 0 Å². The second kappa shape index (κ2) is 7.48. The monoisotopic (exact) mass is 437 g/mol. The van der Waals surface area contributed by atoms with Crippen LogP contribution in [0.4, 0.5) is 5.82 Å². The Balaban J connectivity index is 1.87. The SMILES string of the molecule is O=S(=O)(O)C1CCCN(c2ncnc3cccc(-c4ccc(Cl)c(Cl)c4)c23)C1. The Morgan fingerprint density at radius 2 is 1.93 bits per heavy atom. The van der Waals surface area contributed by atoms with E-state index in [9.17, 15) is 13.0 Å². The van der Waals surface area contributed by atoms with Crippen molar-refractivity contribution in [2.75, 3.05) is 18.0 Å². The van der Waals surface area contributed by atoms with Crippen LogP contribution in [0.3, 0.4) is 0 Å². The van der Waals surface area contributed by atoms with Gasteiger partial charge in [-0.2, -0.15) is 8.42 Å². The zero-order valence-corrected chi connectivity index (χ0v) is 17.0. The maximum absolute atomic E-state index is 11.7. The van der Waals surface area contributed by atoms with Crippen LogP contribution in [-0.2, 0) is 10.1 Å². The van der Waals surface area contributed by atoms with Crippen LogP contribution in [0.1, 0.15) is 12.8 Å². The molecule has 1 fully saturated rings. The smallest absolute Gasteiger partial charge is 0.269 e. The van der Waals surface area contributed by atoms with E-state index in [1.807, 2.05) is 29.2 Å². The molecule has 1 saturated heterocycles. The Bertz CT molecular complexity index is 1150. The number of aromatic nitrogens is 2. The summed E-state index contributed by atoms with van der Waals surface area (Å²) in [6, 6.07) is 11.1. The van der Waals surface area contributed by atoms with Crippen LogP contribution in [-0.4, -0.2) is 41.3 Å². The highest BCUT2D eigenvalue weighted by Gasteiger charge is 2.31. The molecule has 1 N–H and O–H groups in total. The molecule has 4 rings (SSSR count). The van der Waals surface area contributed by atoms with Gasteiger partial charge in [0.15, 0.2) is 0 Å². The maximum Gasteiger partial charge on any atom is 0.269 e. The number of halogens is 2. The van der Waals surface area contributed by atoms with Gasteiger partial charge in [0, 0.05) is 13.1 Å². The highest BCUT2D eigenvalue weighted by Crippen LogP contribution is 2.37. The van der Waals surface area contributed by atoms with E-state index in [4.69, 9.17) is 23.2 Å². The summed E-state index contributed by atoms with van der Waals surface area (Å²) in [5.74, 6) is 0.639. The second-order valence-electron chi connectivity index (χ2n) is 6.75. The van der Waals surface area contributed by atoms with Gasteiger partial charge in [-0.05, 0) is 42.2 Å². The van der Waals surface area contributed by atoms with Crippen molar-refractivity contribution >= 4 is 50.0 Å². The van der Waals surface area contributed by atoms with Crippen LogP contribution in [0.5, 0.6) is 0 Å². The molecule has 9 heteroatoms. The highest BCUT2D eigenvalue weighted by molar-refractivity contribution is 7.86. The molecule has 1 aromatic heterocycles. The molecule has 1 aliphatic rings. The van der Waals surface area contributed by atoms with Crippen LogP contribution in [0.2, 0.25) is 10.0 Å². The van der Waals surface area contributed by atoms with Crippen molar-refractivity contribution in [2.45, 2.75) is 18.1 Å². The topological polar surface area (TPSA) is 83.4 Å². The van der Waals surface area contributed by atoms with Gasteiger partial charge in [-0.1, -0.05) is 41.4 Å². The number of anilines is 1. The van der Waals surface area contributed by atoms with Crippen molar-refractivity contribution in [1.82, 2.24) is 9.97 Å². The molecule has 146 valence electrons. The van der Waals surface area contributed by atoms with Gasteiger partial charge in [0.25, 0.3) is 10.1 Å². The first-order chi connectivity index (χ1) is 13.3. The molecule has 2 heterocycles. The van der Waals surface area contributed by atoms with Crippen LogP contribution in [0.15, 0.2) is 42.7 Å². The van der Waals surface area contributed by atoms with Gasteiger partial charge in [0.1, 0.15) is 17.4 Å². The van der Waals surface area contributed by atoms with Gasteiger partial charge in [0.05, 0.1) is 20.9 Å². The zero-order valence-electron chi connectivity index (χ0n) is 14.7. The minimum atomic E-state index is -4.11. The number of hydrogen-bond acceptors (Lipinski definition) is 5. The van der Waals surface area contributed by atoms with E-state index >= 15 is 0 Å². The molecule has 28 heavy (non-hydrogen) atoms. The Morgan fingerprint density at radius 3 is 2.68 bits per heavy atom. The van der Waals surface area contributed by atoms with Gasteiger partial charge in [0.2, 0.25) is 0 Å². The van der Waals surface area contributed by atoms with E-state index in [2.05, 4.69) is 9.97 Å². The first-order valence-electron chi connectivity index (χ1n) is 8.75. The Labute approximate surface area is 172 Å². The largest absolute Gasteiger partial charge is 0.355 e. The minimum absolute atomic E-state index is 0.181. The summed E-state index contributed by atoms with van der Waals surface area (Å²) in [4.78, 5) is 10.7. The van der Waals surface area contributed by atoms with Gasteiger partial charge in [-0.25, -0.2) is 9.97 Å². The molecular weight excluding hydrogens is 421 g/mol. The molecule has 0 aliphatic carbocycles. The summed E-state index contributed by atoms with van der Waals surface area (Å²) in [5.41, 5.74) is 2.47. The van der Waals surface area contributed by atoms with E-state index in [0.29, 0.717) is 35.2 Å². The molecule has 1 unspecified atom stereocenters. The quantitative estimate of drug-likeness (QED) is 0.608. The molecule has 2 aromatic carbocycles. The van der Waals surface area contributed by atoms with E-state index in [-0.39, 0.29) is 6.54 Å². The van der Waals surface area contributed by atoms with E-state index < -0.39 is 15.4 Å². The fourth-order valence-corrected chi connectivity index (χ4v) is 4.74. The number of rotatable bonds is 3. The maximum atomic E-state index is 11.7. The standard InChI is InChI=1S/C19H17Cl2N3O3S/c20-15-7-6-12(9-16(15)21)14-4-1-5-17-18(14)19(23-11-22-17)24-8-2-3-13(10-24)28(25,26)27/h1,4-7,9,11,13H,2-3,8,10H2,(H,25,26,27). The second-order valence-corrected chi connectivity index (χ2v) is 9.26. The van der Waals surface area contributed by atoms with Crippen molar-refractivity contribution in [3.05, 3.63) is 52.8 Å². The number of fused-ring (bicyclic) bond motifs is 1. The molecule has 6 nitrogen and oxygen atoms in total. The molecule has 0 bridgehead atoms. The summed E-state index contributed by atoms with van der Waals surface area (Å²) in [5, 5.41) is 0.885. The van der Waals surface area contributed by atoms with Crippen LogP contribution in [0.25, 0.3) is 22.0 Å². The third kappa shape index (κ3) is 3.67. The van der Waals surface area contributed by atoms with Crippen molar-refractivity contribution in [3.63, 3.8) is 0 Å². The highest BCUT2D eigenvalue weighted by atomic mass is 35.5. The Morgan fingerprint density at radius 1 is 1.11 bits per heavy atom. The summed E-state index contributed by atoms with van der Waals surface area (Å²) >= 11 is 12.3. The lowest BCUT2D eigenvalue weighted by Gasteiger charge is -2.32. The average Bonchev–Trinajstić information content (AvgIpc) is 2.68. The van der Waals surface area contributed by atoms with Crippen molar-refractivity contribution < 1.29 is 13.0 Å². The minimum Gasteiger partial charge on any atom is -0.355 e. The number of nitrogens with zero attached hydrogens (tertiary/aromatic N) is 3. The lowest BCUT2D eigenvalue weighted by molar-refractivity contribution is 0.446. The van der Waals surface area contributed by atoms with E-state index in [1.54, 1.807) is 12.1 Å². The third-order valence-corrected chi connectivity index (χ3v) is 6.94. The van der Waals surface area contributed by atoms with Crippen LogP contribution in [0, 0.1) is 0 Å². The molecule has 3 aromatic rings. The third-order valence-electron chi connectivity index (χ3n) is 4.97. The predicted molar refractivity (Wildman–Crippen MR) is 112 cm³/mol. The summed E-state index contributed by atoms with van der Waals surface area (Å²) in [7, 11) is -4.11. The van der Waals surface area contributed by atoms with Gasteiger partial charge in [-0.3, -0.25) is 4.55 Å². The van der Waals surface area contributed by atoms with Gasteiger partial charge >= 0.3 is 0 Å².